The van der Waals surface area contributed by atoms with Crippen LogP contribution < -0.4 is 5.73 Å². The van der Waals surface area contributed by atoms with E-state index in [1.165, 1.54) is 17.8 Å². The first-order valence-corrected chi connectivity index (χ1v) is 7.94. The number of alkyl halides is 3. The molecule has 0 aliphatic carbocycles. The number of hydrogen-bond donors (Lipinski definition) is 1. The number of rotatable bonds is 4. The standard InChI is InChI=1S/C15H20F3NOS/c1-10(19)8-11-2-3-14(13(9-11)15(16,17)18)21-12-4-6-20-7-5-12/h2-3,9-10,12H,4-8,19H2,1H3. The van der Waals surface area contributed by atoms with Crippen LogP contribution >= 0.6 is 11.8 Å². The average molecular weight is 319 g/mol. The second-order valence-corrected chi connectivity index (χ2v) is 6.78. The van der Waals surface area contributed by atoms with Gasteiger partial charge in [0.25, 0.3) is 0 Å². The third kappa shape index (κ3) is 4.90. The molecular formula is C15H20F3NOS. The predicted octanol–water partition coefficient (Wildman–Crippen LogP) is 3.87. The van der Waals surface area contributed by atoms with Crippen LogP contribution in [0, 0.1) is 0 Å². The fourth-order valence-electron chi connectivity index (χ4n) is 2.37. The van der Waals surface area contributed by atoms with Crippen molar-refractivity contribution in [3.05, 3.63) is 29.3 Å². The van der Waals surface area contributed by atoms with Gasteiger partial charge in [0.05, 0.1) is 5.56 Å². The molecule has 21 heavy (non-hydrogen) atoms. The molecule has 0 aromatic heterocycles. The Hall–Kier alpha value is -0.720. The maximum Gasteiger partial charge on any atom is 0.417 e. The Labute approximate surface area is 127 Å². The fraction of sp³-hybridized carbons (Fsp3) is 0.600. The van der Waals surface area contributed by atoms with E-state index in [1.807, 2.05) is 0 Å². The monoisotopic (exact) mass is 319 g/mol. The van der Waals surface area contributed by atoms with Crippen molar-refractivity contribution in [3.63, 3.8) is 0 Å². The summed E-state index contributed by atoms with van der Waals surface area (Å²) >= 11 is 1.31. The van der Waals surface area contributed by atoms with Gasteiger partial charge < -0.3 is 10.5 Å². The van der Waals surface area contributed by atoms with Crippen LogP contribution in [0.1, 0.15) is 30.9 Å². The van der Waals surface area contributed by atoms with Crippen molar-refractivity contribution in [2.45, 2.75) is 48.5 Å². The number of halogens is 3. The summed E-state index contributed by atoms with van der Waals surface area (Å²) in [7, 11) is 0. The molecule has 1 atom stereocenters. The van der Waals surface area contributed by atoms with Gasteiger partial charge in [0.1, 0.15) is 0 Å². The van der Waals surface area contributed by atoms with E-state index in [1.54, 1.807) is 19.1 Å². The van der Waals surface area contributed by atoms with Crippen LogP contribution in [0.25, 0.3) is 0 Å². The van der Waals surface area contributed by atoms with Crippen LogP contribution in [-0.4, -0.2) is 24.5 Å². The largest absolute Gasteiger partial charge is 0.417 e. The number of benzene rings is 1. The van der Waals surface area contributed by atoms with E-state index in [-0.39, 0.29) is 11.3 Å². The molecule has 1 aromatic carbocycles. The minimum absolute atomic E-state index is 0.153. The van der Waals surface area contributed by atoms with Gasteiger partial charge in [-0.2, -0.15) is 13.2 Å². The molecule has 0 spiro atoms. The summed E-state index contributed by atoms with van der Waals surface area (Å²) < 4.78 is 45.0. The second kappa shape index (κ2) is 7.03. The summed E-state index contributed by atoms with van der Waals surface area (Å²) in [6, 6.07) is 4.42. The van der Waals surface area contributed by atoms with Gasteiger partial charge in [0, 0.05) is 29.4 Å². The highest BCUT2D eigenvalue weighted by Crippen LogP contribution is 2.40. The van der Waals surface area contributed by atoms with Gasteiger partial charge >= 0.3 is 6.18 Å². The fourth-order valence-corrected chi connectivity index (χ4v) is 3.61. The van der Waals surface area contributed by atoms with Crippen molar-refractivity contribution >= 4 is 11.8 Å². The van der Waals surface area contributed by atoms with Crippen molar-refractivity contribution in [1.29, 1.82) is 0 Å². The number of ether oxygens (including phenoxy) is 1. The lowest BCUT2D eigenvalue weighted by Gasteiger charge is -2.23. The Kier molecular flexibility index (Phi) is 5.57. The molecule has 2 N–H and O–H groups in total. The summed E-state index contributed by atoms with van der Waals surface area (Å²) in [5.41, 5.74) is 5.76. The van der Waals surface area contributed by atoms with Crippen molar-refractivity contribution in [2.75, 3.05) is 13.2 Å². The molecule has 0 bridgehead atoms. The van der Waals surface area contributed by atoms with E-state index >= 15 is 0 Å². The highest BCUT2D eigenvalue weighted by Gasteiger charge is 2.34. The zero-order valence-corrected chi connectivity index (χ0v) is 12.8. The molecule has 0 radical (unpaired) electrons. The third-order valence-corrected chi connectivity index (χ3v) is 4.78. The molecule has 1 fully saturated rings. The lowest BCUT2D eigenvalue weighted by Crippen LogP contribution is -2.19. The summed E-state index contributed by atoms with van der Waals surface area (Å²) in [5.74, 6) is 0. The number of hydrogen-bond acceptors (Lipinski definition) is 3. The van der Waals surface area contributed by atoms with Crippen LogP contribution in [0.2, 0.25) is 0 Å². The van der Waals surface area contributed by atoms with Crippen LogP contribution in [-0.2, 0) is 17.3 Å². The SMILES string of the molecule is CC(N)Cc1ccc(SC2CCOCC2)c(C(F)(F)F)c1. The van der Waals surface area contributed by atoms with Gasteiger partial charge in [0.2, 0.25) is 0 Å². The third-order valence-electron chi connectivity index (χ3n) is 3.37. The molecule has 2 rings (SSSR count). The first-order valence-electron chi connectivity index (χ1n) is 7.06. The van der Waals surface area contributed by atoms with Gasteiger partial charge in [-0.05, 0) is 43.9 Å². The molecule has 1 aromatic rings. The molecule has 1 aliphatic rings. The highest BCUT2D eigenvalue weighted by atomic mass is 32.2. The van der Waals surface area contributed by atoms with E-state index in [9.17, 15) is 13.2 Å². The van der Waals surface area contributed by atoms with Gasteiger partial charge in [-0.3, -0.25) is 0 Å². The molecule has 6 heteroatoms. The normalized spacial score (nSPS) is 18.7. The molecule has 0 saturated carbocycles. The lowest BCUT2D eigenvalue weighted by molar-refractivity contribution is -0.139. The lowest BCUT2D eigenvalue weighted by atomic mass is 10.0. The van der Waals surface area contributed by atoms with E-state index < -0.39 is 11.7 Å². The van der Waals surface area contributed by atoms with Crippen molar-refractivity contribution in [3.8, 4) is 0 Å². The Morgan fingerprint density at radius 2 is 2.00 bits per heavy atom. The quantitative estimate of drug-likeness (QED) is 0.915. The Morgan fingerprint density at radius 1 is 1.33 bits per heavy atom. The van der Waals surface area contributed by atoms with Gasteiger partial charge in [-0.15, -0.1) is 11.8 Å². The molecule has 2 nitrogen and oxygen atoms in total. The molecule has 118 valence electrons. The Bertz CT molecular complexity index is 470. The predicted molar refractivity (Wildman–Crippen MR) is 78.5 cm³/mol. The molecule has 1 aliphatic heterocycles. The number of nitrogens with two attached hydrogens (primary N) is 1. The van der Waals surface area contributed by atoms with E-state index in [0.29, 0.717) is 30.1 Å². The Morgan fingerprint density at radius 3 is 2.57 bits per heavy atom. The topological polar surface area (TPSA) is 35.2 Å². The smallest absolute Gasteiger partial charge is 0.381 e. The second-order valence-electron chi connectivity index (χ2n) is 5.44. The van der Waals surface area contributed by atoms with E-state index in [0.717, 1.165) is 12.8 Å². The van der Waals surface area contributed by atoms with Gasteiger partial charge in [-0.25, -0.2) is 0 Å². The maximum absolute atomic E-state index is 13.3. The van der Waals surface area contributed by atoms with Crippen molar-refractivity contribution in [1.82, 2.24) is 0 Å². The summed E-state index contributed by atoms with van der Waals surface area (Å²) in [4.78, 5) is 0.308. The van der Waals surface area contributed by atoms with Crippen LogP contribution in [0.15, 0.2) is 23.1 Å². The molecule has 1 unspecified atom stereocenters. The van der Waals surface area contributed by atoms with Crippen LogP contribution in [0.4, 0.5) is 13.2 Å². The maximum atomic E-state index is 13.3. The highest BCUT2D eigenvalue weighted by molar-refractivity contribution is 8.00. The molecule has 0 amide bonds. The zero-order chi connectivity index (χ0) is 15.5. The van der Waals surface area contributed by atoms with E-state index in [2.05, 4.69) is 0 Å². The summed E-state index contributed by atoms with van der Waals surface area (Å²) in [6.07, 6.45) is -2.29. The van der Waals surface area contributed by atoms with Crippen LogP contribution in [0.3, 0.4) is 0 Å². The number of thioether (sulfide) groups is 1. The van der Waals surface area contributed by atoms with Crippen molar-refractivity contribution < 1.29 is 17.9 Å². The summed E-state index contributed by atoms with van der Waals surface area (Å²) in [6.45, 7) is 3.04. The summed E-state index contributed by atoms with van der Waals surface area (Å²) in [5, 5.41) is 0.194. The van der Waals surface area contributed by atoms with Crippen LogP contribution in [0.5, 0.6) is 0 Å². The Balaban J connectivity index is 2.22. The average Bonchev–Trinajstić information content (AvgIpc) is 2.40. The first-order chi connectivity index (χ1) is 9.86. The van der Waals surface area contributed by atoms with Gasteiger partial charge in [0.15, 0.2) is 0 Å². The first kappa shape index (κ1) is 16.6. The van der Waals surface area contributed by atoms with Crippen molar-refractivity contribution in [2.24, 2.45) is 5.73 Å². The molecular weight excluding hydrogens is 299 g/mol. The molecule has 1 saturated heterocycles. The molecule has 1 heterocycles. The zero-order valence-electron chi connectivity index (χ0n) is 12.0. The minimum Gasteiger partial charge on any atom is -0.381 e. The minimum atomic E-state index is -4.33. The van der Waals surface area contributed by atoms with E-state index in [4.69, 9.17) is 10.5 Å². The van der Waals surface area contributed by atoms with Gasteiger partial charge in [-0.1, -0.05) is 6.07 Å².